The van der Waals surface area contributed by atoms with Crippen molar-refractivity contribution in [3.63, 3.8) is 0 Å². The van der Waals surface area contributed by atoms with E-state index in [2.05, 4.69) is 9.44 Å². The summed E-state index contributed by atoms with van der Waals surface area (Å²) in [5, 5.41) is 0. The molecule has 0 atom stereocenters. The molecule has 8 nitrogen and oxygen atoms in total. The van der Waals surface area contributed by atoms with E-state index >= 15 is 0 Å². The highest BCUT2D eigenvalue weighted by atomic mass is 32.2. The average Bonchev–Trinajstić information content (AvgIpc) is 2.75. The third-order valence-electron chi connectivity index (χ3n) is 4.67. The van der Waals surface area contributed by atoms with E-state index in [1.165, 1.54) is 56.5 Å². The normalized spacial score (nSPS) is 11.6. The van der Waals surface area contributed by atoms with Crippen LogP contribution in [0.3, 0.4) is 0 Å². The van der Waals surface area contributed by atoms with Crippen molar-refractivity contribution in [3.05, 3.63) is 77.9 Å². The lowest BCUT2D eigenvalue weighted by molar-refractivity contribution is 0.101. The van der Waals surface area contributed by atoms with E-state index in [0.29, 0.717) is 11.3 Å². The molecule has 0 aliphatic carbocycles. The molecule has 0 radical (unpaired) electrons. The number of rotatable bonds is 8. The number of hydrogen-bond donors (Lipinski definition) is 2. The second-order valence-electron chi connectivity index (χ2n) is 6.97. The number of anilines is 2. The van der Waals surface area contributed by atoms with Crippen molar-refractivity contribution in [1.82, 2.24) is 0 Å². The van der Waals surface area contributed by atoms with E-state index in [0.717, 1.165) is 0 Å². The highest BCUT2D eigenvalue weighted by molar-refractivity contribution is 7.93. The fourth-order valence-electron chi connectivity index (χ4n) is 2.90. The molecule has 0 aromatic heterocycles. The van der Waals surface area contributed by atoms with Gasteiger partial charge in [-0.15, -0.1) is 0 Å². The van der Waals surface area contributed by atoms with Gasteiger partial charge in [-0.1, -0.05) is 30.3 Å². The molecule has 3 aromatic rings. The van der Waals surface area contributed by atoms with Crippen LogP contribution in [0.4, 0.5) is 11.4 Å². The third-order valence-corrected chi connectivity index (χ3v) is 7.39. The zero-order valence-corrected chi connectivity index (χ0v) is 19.2. The molecule has 0 unspecified atom stereocenters. The smallest absolute Gasteiger partial charge is 0.262 e. The molecule has 0 bridgehead atoms. The molecule has 0 heterocycles. The average molecular weight is 475 g/mol. The van der Waals surface area contributed by atoms with Crippen LogP contribution in [0.15, 0.2) is 76.5 Å². The first-order chi connectivity index (χ1) is 15.0. The molecule has 2 N–H and O–H groups in total. The van der Waals surface area contributed by atoms with Gasteiger partial charge in [0.25, 0.3) is 20.0 Å². The minimum Gasteiger partial charge on any atom is -0.495 e. The predicted molar refractivity (Wildman–Crippen MR) is 122 cm³/mol. The van der Waals surface area contributed by atoms with E-state index in [1.807, 2.05) is 0 Å². The Bertz CT molecular complexity index is 1380. The summed E-state index contributed by atoms with van der Waals surface area (Å²) in [5.41, 5.74) is 1.12. The summed E-state index contributed by atoms with van der Waals surface area (Å²) in [6, 6.07) is 16.2. The monoisotopic (exact) mass is 474 g/mol. The van der Waals surface area contributed by atoms with E-state index in [4.69, 9.17) is 4.74 Å². The van der Waals surface area contributed by atoms with Gasteiger partial charge in [-0.3, -0.25) is 14.2 Å². The first kappa shape index (κ1) is 23.3. The number of Topliss-reactive ketones (excluding diaryl/α,β-unsaturated/α-hetero) is 1. The van der Waals surface area contributed by atoms with E-state index in [-0.39, 0.29) is 32.5 Å². The predicted octanol–water partition coefficient (Wildman–Crippen LogP) is 3.81. The Balaban J connectivity index is 1.95. The molecule has 0 amide bonds. The number of methoxy groups -OCH3 is 1. The number of para-hydroxylation sites is 2. The topological polar surface area (TPSA) is 119 Å². The maximum atomic E-state index is 12.9. The molecule has 0 aliphatic rings. The zero-order chi connectivity index (χ0) is 23.5. The largest absolute Gasteiger partial charge is 0.495 e. The van der Waals surface area contributed by atoms with Crippen molar-refractivity contribution < 1.29 is 26.4 Å². The van der Waals surface area contributed by atoms with Gasteiger partial charge in [-0.05, 0) is 55.8 Å². The standard InChI is InChI=1S/C22H22N2O6S2/c1-15-11-12-19(32(28,29)23-20-9-4-5-10-22(20)30-3)14-21(15)24-31(26,27)18-8-6-7-17(13-18)16(2)25/h4-14,23-24H,1-3H3. The van der Waals surface area contributed by atoms with Crippen LogP contribution in [0.5, 0.6) is 5.75 Å². The summed E-state index contributed by atoms with van der Waals surface area (Å²) in [5.74, 6) is 0.0724. The van der Waals surface area contributed by atoms with Crippen molar-refractivity contribution in [2.24, 2.45) is 0 Å². The van der Waals surface area contributed by atoms with Gasteiger partial charge < -0.3 is 4.74 Å². The highest BCUT2D eigenvalue weighted by Gasteiger charge is 2.21. The van der Waals surface area contributed by atoms with Crippen LogP contribution in [0.2, 0.25) is 0 Å². The molecule has 0 saturated heterocycles. The van der Waals surface area contributed by atoms with Crippen molar-refractivity contribution in [3.8, 4) is 5.75 Å². The number of carbonyl (C=O) groups excluding carboxylic acids is 1. The van der Waals surface area contributed by atoms with Gasteiger partial charge in [0.1, 0.15) is 5.75 Å². The van der Waals surface area contributed by atoms with Crippen LogP contribution in [0.25, 0.3) is 0 Å². The molecule has 3 rings (SSSR count). The minimum atomic E-state index is -4.06. The lowest BCUT2D eigenvalue weighted by Gasteiger charge is -2.15. The van der Waals surface area contributed by atoms with Crippen molar-refractivity contribution >= 4 is 37.2 Å². The number of hydrogen-bond acceptors (Lipinski definition) is 6. The number of nitrogens with one attached hydrogen (secondary N) is 2. The second kappa shape index (κ2) is 9.01. The van der Waals surface area contributed by atoms with Gasteiger partial charge in [0.05, 0.1) is 28.3 Å². The first-order valence-electron chi connectivity index (χ1n) is 9.44. The van der Waals surface area contributed by atoms with Crippen LogP contribution < -0.4 is 14.2 Å². The van der Waals surface area contributed by atoms with Crippen LogP contribution in [0, 0.1) is 6.92 Å². The summed E-state index contributed by atoms with van der Waals surface area (Å²) < 4.78 is 61.6. The van der Waals surface area contributed by atoms with Gasteiger partial charge in [0.15, 0.2) is 5.78 Å². The Kier molecular flexibility index (Phi) is 6.56. The van der Waals surface area contributed by atoms with Crippen LogP contribution in [-0.2, 0) is 20.0 Å². The summed E-state index contributed by atoms with van der Waals surface area (Å²) in [7, 11) is -6.67. The highest BCUT2D eigenvalue weighted by Crippen LogP contribution is 2.28. The molecule has 168 valence electrons. The van der Waals surface area contributed by atoms with E-state index in [9.17, 15) is 21.6 Å². The number of benzene rings is 3. The summed E-state index contributed by atoms with van der Waals surface area (Å²) in [6.45, 7) is 2.99. The third kappa shape index (κ3) is 5.09. The Morgan fingerprint density at radius 2 is 1.41 bits per heavy atom. The molecular formula is C22H22N2O6S2. The van der Waals surface area contributed by atoms with Gasteiger partial charge in [0.2, 0.25) is 0 Å². The Morgan fingerprint density at radius 1 is 0.781 bits per heavy atom. The van der Waals surface area contributed by atoms with Crippen molar-refractivity contribution in [2.45, 2.75) is 23.6 Å². The summed E-state index contributed by atoms with van der Waals surface area (Å²) in [6.07, 6.45) is 0. The zero-order valence-electron chi connectivity index (χ0n) is 17.6. The first-order valence-corrected chi connectivity index (χ1v) is 12.4. The van der Waals surface area contributed by atoms with Crippen LogP contribution in [0.1, 0.15) is 22.8 Å². The van der Waals surface area contributed by atoms with E-state index in [1.54, 1.807) is 31.2 Å². The van der Waals surface area contributed by atoms with Gasteiger partial charge >= 0.3 is 0 Å². The van der Waals surface area contributed by atoms with Gasteiger partial charge in [-0.2, -0.15) is 0 Å². The molecular weight excluding hydrogens is 452 g/mol. The Hall–Kier alpha value is -3.37. The number of aryl methyl sites for hydroxylation is 1. The molecule has 32 heavy (non-hydrogen) atoms. The quantitative estimate of drug-likeness (QED) is 0.479. The fourth-order valence-corrected chi connectivity index (χ4v) is 5.16. The molecule has 0 fully saturated rings. The summed E-state index contributed by atoms with van der Waals surface area (Å²) in [4.78, 5) is 11.3. The molecule has 10 heteroatoms. The lowest BCUT2D eigenvalue weighted by atomic mass is 10.2. The maximum absolute atomic E-state index is 12.9. The van der Waals surface area contributed by atoms with E-state index < -0.39 is 20.0 Å². The molecule has 0 saturated carbocycles. The number of carbonyl (C=O) groups is 1. The Labute approximate surface area is 187 Å². The molecule has 0 spiro atoms. The minimum absolute atomic E-state index is 0.0983. The fraction of sp³-hybridized carbons (Fsp3) is 0.136. The SMILES string of the molecule is COc1ccccc1NS(=O)(=O)c1ccc(C)c(NS(=O)(=O)c2cccc(C(C)=O)c2)c1. The number of sulfonamides is 2. The summed E-state index contributed by atoms with van der Waals surface area (Å²) >= 11 is 0. The number of ether oxygens (including phenoxy) is 1. The van der Waals surface area contributed by atoms with Crippen LogP contribution >= 0.6 is 0 Å². The maximum Gasteiger partial charge on any atom is 0.262 e. The second-order valence-corrected chi connectivity index (χ2v) is 10.3. The van der Waals surface area contributed by atoms with Crippen molar-refractivity contribution in [2.75, 3.05) is 16.6 Å². The molecule has 3 aromatic carbocycles. The number of ketones is 1. The van der Waals surface area contributed by atoms with Crippen molar-refractivity contribution in [1.29, 1.82) is 0 Å². The molecule has 0 aliphatic heterocycles. The lowest BCUT2D eigenvalue weighted by Crippen LogP contribution is -2.17. The van der Waals surface area contributed by atoms with Gasteiger partial charge in [-0.25, -0.2) is 16.8 Å². The Morgan fingerprint density at radius 3 is 2.06 bits per heavy atom. The van der Waals surface area contributed by atoms with Crippen LogP contribution in [-0.4, -0.2) is 29.7 Å². The van der Waals surface area contributed by atoms with Gasteiger partial charge in [0, 0.05) is 5.56 Å².